The zero-order chi connectivity index (χ0) is 11.4. The predicted molar refractivity (Wildman–Crippen MR) is 63.9 cm³/mol. The molecule has 0 radical (unpaired) electrons. The number of ketones is 2. The molecule has 3 heteroatoms. The van der Waals surface area contributed by atoms with E-state index in [2.05, 4.69) is 22.9 Å². The number of allylic oxidation sites excluding steroid dienone is 4. The monoisotopic (exact) mass is 270 g/mol. The third-order valence-electron chi connectivity index (χ3n) is 2.50. The number of hydrogen-bond donors (Lipinski definition) is 0. The fourth-order valence-corrected chi connectivity index (χ4v) is 2.26. The van der Waals surface area contributed by atoms with Crippen molar-refractivity contribution < 1.29 is 9.59 Å². The van der Waals surface area contributed by atoms with Crippen molar-refractivity contribution in [3.05, 3.63) is 21.7 Å². The molecule has 15 heavy (non-hydrogen) atoms. The molecule has 0 aromatic carbocycles. The fourth-order valence-electron chi connectivity index (χ4n) is 1.55. The second-order valence-electron chi connectivity index (χ2n) is 3.77. The molecule has 0 aromatic heterocycles. The molecule has 0 saturated carbocycles. The molecule has 1 rings (SSSR count). The first-order valence-electron chi connectivity index (χ1n) is 5.24. The van der Waals surface area contributed by atoms with E-state index in [4.69, 9.17) is 0 Å². The maximum absolute atomic E-state index is 11.6. The van der Waals surface area contributed by atoms with Crippen molar-refractivity contribution in [2.45, 2.75) is 39.5 Å². The van der Waals surface area contributed by atoms with Crippen LogP contribution in [-0.4, -0.2) is 11.6 Å². The van der Waals surface area contributed by atoms with Gasteiger partial charge in [0.05, 0.1) is 4.48 Å². The van der Waals surface area contributed by atoms with Gasteiger partial charge in [-0.15, -0.1) is 0 Å². The maximum Gasteiger partial charge on any atom is 0.196 e. The van der Waals surface area contributed by atoms with E-state index in [9.17, 15) is 9.59 Å². The van der Waals surface area contributed by atoms with Crippen LogP contribution in [0.5, 0.6) is 0 Å². The Kier molecular flexibility index (Phi) is 4.45. The molecule has 0 saturated heterocycles. The molecule has 1 aliphatic carbocycles. The highest BCUT2D eigenvalue weighted by atomic mass is 79.9. The predicted octanol–water partition coefficient (Wildman–Crippen LogP) is 3.31. The Morgan fingerprint density at radius 2 is 1.93 bits per heavy atom. The van der Waals surface area contributed by atoms with Crippen LogP contribution >= 0.6 is 15.9 Å². The highest BCUT2D eigenvalue weighted by Crippen LogP contribution is 2.27. The van der Waals surface area contributed by atoms with Crippen LogP contribution in [-0.2, 0) is 9.59 Å². The molecule has 82 valence electrons. The molecule has 0 aromatic rings. The molecule has 1 aliphatic rings. The molecule has 0 atom stereocenters. The van der Waals surface area contributed by atoms with Crippen LogP contribution in [0.3, 0.4) is 0 Å². The first kappa shape index (κ1) is 12.4. The van der Waals surface area contributed by atoms with E-state index in [0.717, 1.165) is 19.3 Å². The van der Waals surface area contributed by atoms with Crippen LogP contribution in [0.2, 0.25) is 0 Å². The van der Waals surface area contributed by atoms with Gasteiger partial charge in [-0.3, -0.25) is 9.59 Å². The van der Waals surface area contributed by atoms with Crippen LogP contribution in [0.4, 0.5) is 0 Å². The quantitative estimate of drug-likeness (QED) is 0.580. The van der Waals surface area contributed by atoms with Gasteiger partial charge < -0.3 is 0 Å². The Hall–Kier alpha value is -0.700. The number of unbranched alkanes of at least 4 members (excludes halogenated alkanes) is 2. The van der Waals surface area contributed by atoms with Crippen molar-refractivity contribution >= 4 is 27.5 Å². The normalized spacial score (nSPS) is 17.1. The molecule has 2 nitrogen and oxygen atoms in total. The van der Waals surface area contributed by atoms with Crippen molar-refractivity contribution in [2.24, 2.45) is 0 Å². The van der Waals surface area contributed by atoms with Crippen LogP contribution in [0.1, 0.15) is 39.5 Å². The number of carbonyl (C=O) groups excluding carboxylic acids is 2. The van der Waals surface area contributed by atoms with Crippen LogP contribution in [0, 0.1) is 0 Å². The average molecular weight is 271 g/mol. The largest absolute Gasteiger partial charge is 0.290 e. The second-order valence-corrected chi connectivity index (χ2v) is 4.56. The average Bonchev–Trinajstić information content (AvgIpc) is 2.20. The Morgan fingerprint density at radius 1 is 1.27 bits per heavy atom. The topological polar surface area (TPSA) is 34.1 Å². The first-order chi connectivity index (χ1) is 7.07. The molecule has 0 spiro atoms. The molecule has 0 N–H and O–H groups in total. The lowest BCUT2D eigenvalue weighted by molar-refractivity contribution is -0.115. The summed E-state index contributed by atoms with van der Waals surface area (Å²) in [6.45, 7) is 3.78. The number of Topliss-reactive ketones (excluding diaryl/α,β-unsaturated/α-hetero) is 1. The summed E-state index contributed by atoms with van der Waals surface area (Å²) in [5, 5.41) is 0. The Bertz CT molecular complexity index is 351. The summed E-state index contributed by atoms with van der Waals surface area (Å²) in [5.74, 6) is -0.0730. The van der Waals surface area contributed by atoms with Gasteiger partial charge in [0.2, 0.25) is 0 Å². The van der Waals surface area contributed by atoms with E-state index in [-0.39, 0.29) is 11.6 Å². The third kappa shape index (κ3) is 2.88. The summed E-state index contributed by atoms with van der Waals surface area (Å²) in [6, 6.07) is 0. The summed E-state index contributed by atoms with van der Waals surface area (Å²) >= 11 is 3.22. The van der Waals surface area contributed by atoms with E-state index in [1.54, 1.807) is 6.92 Å². The lowest BCUT2D eigenvalue weighted by Crippen LogP contribution is -2.15. The van der Waals surface area contributed by atoms with Crippen LogP contribution in [0.15, 0.2) is 21.7 Å². The standard InChI is InChI=1S/C12H15BrO2/c1-3-4-5-6-9-10(14)7-8(2)12(15)11(9)13/h7H,3-6H2,1-2H3. The molecule has 0 aliphatic heterocycles. The van der Waals surface area contributed by atoms with Gasteiger partial charge in [0.15, 0.2) is 11.6 Å². The minimum atomic E-state index is -0.0545. The molecular formula is C12H15BrO2. The van der Waals surface area contributed by atoms with Crippen LogP contribution < -0.4 is 0 Å². The Labute approximate surface area is 98.6 Å². The highest BCUT2D eigenvalue weighted by Gasteiger charge is 2.23. The molecule has 0 amide bonds. The van der Waals surface area contributed by atoms with Crippen molar-refractivity contribution in [2.75, 3.05) is 0 Å². The highest BCUT2D eigenvalue weighted by molar-refractivity contribution is 9.12. The molecule has 0 bridgehead atoms. The first-order valence-corrected chi connectivity index (χ1v) is 6.03. The summed E-state index contributed by atoms with van der Waals surface area (Å²) in [5.41, 5.74) is 1.16. The summed E-state index contributed by atoms with van der Waals surface area (Å²) in [7, 11) is 0. The van der Waals surface area contributed by atoms with E-state index >= 15 is 0 Å². The van der Waals surface area contributed by atoms with Gasteiger partial charge in [-0.05, 0) is 41.8 Å². The van der Waals surface area contributed by atoms with Crippen LogP contribution in [0.25, 0.3) is 0 Å². The number of carbonyl (C=O) groups is 2. The van der Waals surface area contributed by atoms with Gasteiger partial charge in [0.1, 0.15) is 0 Å². The van der Waals surface area contributed by atoms with Crippen molar-refractivity contribution in [3.8, 4) is 0 Å². The zero-order valence-electron chi connectivity index (χ0n) is 9.10. The van der Waals surface area contributed by atoms with Gasteiger partial charge in [0.25, 0.3) is 0 Å². The van der Waals surface area contributed by atoms with E-state index in [1.807, 2.05) is 0 Å². The van der Waals surface area contributed by atoms with Crippen molar-refractivity contribution in [3.63, 3.8) is 0 Å². The fraction of sp³-hybridized carbons (Fsp3) is 0.500. The molecular weight excluding hydrogens is 256 g/mol. The van der Waals surface area contributed by atoms with Gasteiger partial charge >= 0.3 is 0 Å². The molecule has 0 fully saturated rings. The van der Waals surface area contributed by atoms with Crippen molar-refractivity contribution in [1.82, 2.24) is 0 Å². The van der Waals surface area contributed by atoms with Crippen molar-refractivity contribution in [1.29, 1.82) is 0 Å². The number of rotatable bonds is 4. The molecule has 0 heterocycles. The Morgan fingerprint density at radius 3 is 2.53 bits per heavy atom. The zero-order valence-corrected chi connectivity index (χ0v) is 10.7. The summed E-state index contributed by atoms with van der Waals surface area (Å²) in [4.78, 5) is 23.2. The number of halogens is 1. The minimum Gasteiger partial charge on any atom is -0.290 e. The van der Waals surface area contributed by atoms with E-state index in [1.165, 1.54) is 6.08 Å². The lowest BCUT2D eigenvalue weighted by Gasteiger charge is -2.12. The smallest absolute Gasteiger partial charge is 0.196 e. The Balaban J connectivity index is 2.78. The third-order valence-corrected chi connectivity index (χ3v) is 3.34. The minimum absolute atomic E-state index is 0.0184. The summed E-state index contributed by atoms with van der Waals surface area (Å²) < 4.78 is 0.462. The summed E-state index contributed by atoms with van der Waals surface area (Å²) in [6.07, 6.45) is 5.31. The van der Waals surface area contributed by atoms with Gasteiger partial charge in [0, 0.05) is 11.1 Å². The SMILES string of the molecule is CCCCCC1=C(Br)C(=O)C(C)=CC1=O. The van der Waals surface area contributed by atoms with E-state index in [0.29, 0.717) is 22.0 Å². The second kappa shape index (κ2) is 5.40. The number of hydrogen-bond acceptors (Lipinski definition) is 2. The van der Waals surface area contributed by atoms with Gasteiger partial charge in [-0.2, -0.15) is 0 Å². The molecule has 0 unspecified atom stereocenters. The lowest BCUT2D eigenvalue weighted by atomic mass is 9.94. The van der Waals surface area contributed by atoms with E-state index < -0.39 is 0 Å². The van der Waals surface area contributed by atoms with Gasteiger partial charge in [-0.1, -0.05) is 19.8 Å². The maximum atomic E-state index is 11.6. The van der Waals surface area contributed by atoms with Gasteiger partial charge in [-0.25, -0.2) is 0 Å².